The number of benzene rings is 2. The third-order valence-electron chi connectivity index (χ3n) is 7.04. The fourth-order valence-electron chi connectivity index (χ4n) is 5.14. The van der Waals surface area contributed by atoms with E-state index in [1.54, 1.807) is 12.1 Å². The van der Waals surface area contributed by atoms with Crippen LogP contribution in [0.2, 0.25) is 0 Å². The van der Waals surface area contributed by atoms with Crippen molar-refractivity contribution in [3.05, 3.63) is 77.9 Å². The number of ether oxygens (including phenoxy) is 2. The van der Waals surface area contributed by atoms with E-state index in [-0.39, 0.29) is 11.9 Å². The zero-order valence-electron chi connectivity index (χ0n) is 18.6. The van der Waals surface area contributed by atoms with E-state index in [9.17, 15) is 14.4 Å². The summed E-state index contributed by atoms with van der Waals surface area (Å²) in [5.74, 6) is -0.241. The molecule has 2 fully saturated rings. The van der Waals surface area contributed by atoms with Crippen molar-refractivity contribution in [1.82, 2.24) is 4.90 Å². The van der Waals surface area contributed by atoms with E-state index in [1.807, 2.05) is 47.4 Å². The van der Waals surface area contributed by atoms with Crippen LogP contribution in [0.5, 0.6) is 0 Å². The number of amides is 2. The van der Waals surface area contributed by atoms with E-state index in [0.29, 0.717) is 37.3 Å². The summed E-state index contributed by atoms with van der Waals surface area (Å²) in [6, 6.07) is 14.9. The highest BCUT2D eigenvalue weighted by Gasteiger charge is 2.57. The van der Waals surface area contributed by atoms with Gasteiger partial charge in [0.1, 0.15) is 0 Å². The summed E-state index contributed by atoms with van der Waals surface area (Å²) in [5, 5.41) is 0. The fourth-order valence-corrected chi connectivity index (χ4v) is 5.14. The highest BCUT2D eigenvalue weighted by molar-refractivity contribution is 5.96. The predicted molar refractivity (Wildman–Crippen MR) is 122 cm³/mol. The van der Waals surface area contributed by atoms with Crippen molar-refractivity contribution in [2.24, 2.45) is 0 Å². The Balaban J connectivity index is 1.35. The minimum absolute atomic E-state index is 0.0727. The van der Waals surface area contributed by atoms with Crippen LogP contribution in [0.15, 0.2) is 61.2 Å². The highest BCUT2D eigenvalue weighted by atomic mass is 16.6. The number of esters is 1. The van der Waals surface area contributed by atoms with Gasteiger partial charge in [-0.2, -0.15) is 0 Å². The third kappa shape index (κ3) is 3.30. The maximum atomic E-state index is 13.6. The van der Waals surface area contributed by atoms with Crippen LogP contribution in [-0.4, -0.2) is 49.6 Å². The molecule has 170 valence electrons. The number of hydrogen-bond donors (Lipinski definition) is 0. The molecule has 1 saturated heterocycles. The number of anilines is 1. The Kier molecular flexibility index (Phi) is 5.00. The van der Waals surface area contributed by atoms with Crippen molar-refractivity contribution >= 4 is 23.7 Å². The van der Waals surface area contributed by atoms with E-state index >= 15 is 0 Å². The molecule has 0 aromatic heterocycles. The number of nitrogens with zero attached hydrogens (tertiary/aromatic N) is 2. The van der Waals surface area contributed by atoms with Gasteiger partial charge in [-0.05, 0) is 36.6 Å². The molecule has 1 saturated carbocycles. The van der Waals surface area contributed by atoms with Crippen LogP contribution >= 0.6 is 0 Å². The SMILES string of the molecule is C=CCN(C(=O)OC)c1ccc(C2(C(=O)N3CC[C@@]4(C3)OC(=O)c3ccccc34)CC2)cc1. The van der Waals surface area contributed by atoms with Crippen LogP contribution in [0.1, 0.15) is 40.7 Å². The first-order valence-electron chi connectivity index (χ1n) is 11.1. The summed E-state index contributed by atoms with van der Waals surface area (Å²) >= 11 is 0. The largest absolute Gasteiger partial charge is 0.452 e. The number of hydrogen-bond acceptors (Lipinski definition) is 5. The lowest BCUT2D eigenvalue weighted by atomic mass is 9.91. The van der Waals surface area contributed by atoms with Crippen LogP contribution in [0.25, 0.3) is 0 Å². The van der Waals surface area contributed by atoms with Crippen molar-refractivity contribution in [3.63, 3.8) is 0 Å². The lowest BCUT2D eigenvalue weighted by Gasteiger charge is -2.27. The molecule has 2 aliphatic heterocycles. The van der Waals surface area contributed by atoms with E-state index in [1.165, 1.54) is 12.0 Å². The molecule has 0 radical (unpaired) electrons. The molecule has 2 aromatic rings. The van der Waals surface area contributed by atoms with Gasteiger partial charge in [0, 0.05) is 30.8 Å². The summed E-state index contributed by atoms with van der Waals surface area (Å²) in [6.45, 7) is 4.95. The summed E-state index contributed by atoms with van der Waals surface area (Å²) in [4.78, 5) is 41.4. The topological polar surface area (TPSA) is 76.2 Å². The average molecular weight is 447 g/mol. The molecule has 2 amide bonds. The van der Waals surface area contributed by atoms with Gasteiger partial charge in [-0.3, -0.25) is 9.69 Å². The molecule has 2 aromatic carbocycles. The number of carbonyl (C=O) groups excluding carboxylic acids is 3. The highest BCUT2D eigenvalue weighted by Crippen LogP contribution is 2.52. The van der Waals surface area contributed by atoms with Crippen LogP contribution in [0.4, 0.5) is 10.5 Å². The van der Waals surface area contributed by atoms with Crippen molar-refractivity contribution < 1.29 is 23.9 Å². The zero-order valence-corrected chi connectivity index (χ0v) is 18.6. The Labute approximate surface area is 192 Å². The monoisotopic (exact) mass is 446 g/mol. The fraction of sp³-hybridized carbons (Fsp3) is 0.346. The molecule has 5 rings (SSSR count). The lowest BCUT2D eigenvalue weighted by Crippen LogP contribution is -2.40. The molecule has 0 bridgehead atoms. The van der Waals surface area contributed by atoms with E-state index in [0.717, 1.165) is 24.0 Å². The Bertz CT molecular complexity index is 1140. The van der Waals surface area contributed by atoms with Crippen molar-refractivity contribution in [2.45, 2.75) is 30.3 Å². The standard InChI is InChI=1S/C26H26N2O5/c1-3-15-28(24(31)32-2)19-10-8-18(9-11-19)25(12-13-25)23(30)27-16-14-26(17-27)21-7-5-4-6-20(21)22(29)33-26/h3-11H,1,12-17H2,2H3/t26-/m0/s1. The molecule has 1 aliphatic carbocycles. The van der Waals surface area contributed by atoms with Gasteiger partial charge in [-0.25, -0.2) is 9.59 Å². The first kappa shape index (κ1) is 21.2. The van der Waals surface area contributed by atoms with Gasteiger partial charge in [0.25, 0.3) is 0 Å². The molecule has 7 nitrogen and oxygen atoms in total. The maximum Gasteiger partial charge on any atom is 0.414 e. The summed E-state index contributed by atoms with van der Waals surface area (Å²) < 4.78 is 10.7. The molecule has 0 N–H and O–H groups in total. The van der Waals surface area contributed by atoms with Crippen molar-refractivity contribution in [2.75, 3.05) is 31.6 Å². The first-order valence-corrected chi connectivity index (χ1v) is 11.1. The Morgan fingerprint density at radius 2 is 1.88 bits per heavy atom. The van der Waals surface area contributed by atoms with Crippen LogP contribution in [0.3, 0.4) is 0 Å². The summed E-state index contributed by atoms with van der Waals surface area (Å²) in [6.07, 6.45) is 3.32. The normalized spacial score (nSPS) is 22.0. The van der Waals surface area contributed by atoms with E-state index in [2.05, 4.69) is 6.58 Å². The Morgan fingerprint density at radius 1 is 1.15 bits per heavy atom. The van der Waals surface area contributed by atoms with Gasteiger partial charge in [-0.1, -0.05) is 36.4 Å². The summed E-state index contributed by atoms with van der Waals surface area (Å²) in [5.41, 5.74) is 1.80. The summed E-state index contributed by atoms with van der Waals surface area (Å²) in [7, 11) is 1.34. The van der Waals surface area contributed by atoms with Crippen LogP contribution < -0.4 is 4.90 Å². The minimum Gasteiger partial charge on any atom is -0.452 e. The van der Waals surface area contributed by atoms with Gasteiger partial charge in [0.15, 0.2) is 5.60 Å². The molecule has 7 heteroatoms. The Hall–Kier alpha value is -3.61. The number of methoxy groups -OCH3 is 1. The number of fused-ring (bicyclic) bond motifs is 2. The molecule has 3 aliphatic rings. The second kappa shape index (κ2) is 7.76. The van der Waals surface area contributed by atoms with Gasteiger partial charge in [-0.15, -0.1) is 6.58 Å². The van der Waals surface area contributed by atoms with Crippen LogP contribution in [-0.2, 0) is 25.3 Å². The number of rotatable bonds is 5. The molecular weight excluding hydrogens is 420 g/mol. The quantitative estimate of drug-likeness (QED) is 0.516. The van der Waals surface area contributed by atoms with Gasteiger partial charge in [0.05, 0.1) is 24.6 Å². The smallest absolute Gasteiger partial charge is 0.414 e. The lowest BCUT2D eigenvalue weighted by molar-refractivity contribution is -0.134. The molecule has 1 spiro atoms. The zero-order chi connectivity index (χ0) is 23.2. The molecule has 2 heterocycles. The number of likely N-dealkylation sites (tertiary alicyclic amines) is 1. The third-order valence-corrected chi connectivity index (χ3v) is 7.04. The average Bonchev–Trinajstić information content (AvgIpc) is 3.48. The van der Waals surface area contributed by atoms with Gasteiger partial charge < -0.3 is 14.4 Å². The second-order valence-electron chi connectivity index (χ2n) is 8.90. The maximum absolute atomic E-state index is 13.6. The van der Waals surface area contributed by atoms with Crippen LogP contribution in [0, 0.1) is 0 Å². The second-order valence-corrected chi connectivity index (χ2v) is 8.90. The molecular formula is C26H26N2O5. The van der Waals surface area contributed by atoms with Gasteiger partial charge >= 0.3 is 12.1 Å². The minimum atomic E-state index is -0.741. The van der Waals surface area contributed by atoms with Crippen molar-refractivity contribution in [1.29, 1.82) is 0 Å². The van der Waals surface area contributed by atoms with E-state index < -0.39 is 17.1 Å². The van der Waals surface area contributed by atoms with E-state index in [4.69, 9.17) is 9.47 Å². The Morgan fingerprint density at radius 3 is 2.55 bits per heavy atom. The number of carbonyl (C=O) groups is 3. The predicted octanol–water partition coefficient (Wildman–Crippen LogP) is 3.78. The van der Waals surface area contributed by atoms with Crippen molar-refractivity contribution in [3.8, 4) is 0 Å². The first-order chi connectivity index (χ1) is 15.9. The molecule has 33 heavy (non-hydrogen) atoms. The van der Waals surface area contributed by atoms with Gasteiger partial charge in [0.2, 0.25) is 5.91 Å². The molecule has 0 unspecified atom stereocenters. The molecule has 1 atom stereocenters.